The van der Waals surface area contributed by atoms with E-state index in [0.29, 0.717) is 5.92 Å². The van der Waals surface area contributed by atoms with Crippen LogP contribution in [-0.2, 0) is 17.8 Å². The summed E-state index contributed by atoms with van der Waals surface area (Å²) >= 11 is 0. The molecular formula is C22H37IN4O. The molecule has 0 aromatic heterocycles. The number of methoxy groups -OCH3 is 1. The minimum Gasteiger partial charge on any atom is -0.384 e. The number of rotatable bonds is 6. The monoisotopic (exact) mass is 500 g/mol. The van der Waals surface area contributed by atoms with Crippen molar-refractivity contribution in [1.29, 1.82) is 0 Å². The van der Waals surface area contributed by atoms with Crippen LogP contribution in [0.3, 0.4) is 0 Å². The Balaban J connectivity index is 0.00000280. The molecular weight excluding hydrogens is 463 g/mol. The largest absolute Gasteiger partial charge is 0.384 e. The second kappa shape index (κ2) is 12.6. The van der Waals surface area contributed by atoms with E-state index in [1.54, 1.807) is 7.11 Å². The van der Waals surface area contributed by atoms with Crippen molar-refractivity contribution in [2.75, 3.05) is 46.9 Å². The number of nitrogens with zero attached hydrogens (tertiary/aromatic N) is 3. The summed E-state index contributed by atoms with van der Waals surface area (Å²) in [7, 11) is 3.66. The topological polar surface area (TPSA) is 40.1 Å². The van der Waals surface area contributed by atoms with Gasteiger partial charge in [-0.25, -0.2) is 0 Å². The van der Waals surface area contributed by atoms with E-state index in [0.717, 1.165) is 38.7 Å². The highest BCUT2D eigenvalue weighted by Crippen LogP contribution is 2.17. The van der Waals surface area contributed by atoms with Gasteiger partial charge >= 0.3 is 0 Å². The normalized spacial score (nSPS) is 21.3. The Hall–Kier alpha value is -0.860. The summed E-state index contributed by atoms with van der Waals surface area (Å²) in [5.41, 5.74) is 2.75. The first-order valence-electron chi connectivity index (χ1n) is 10.5. The van der Waals surface area contributed by atoms with Crippen LogP contribution in [0.4, 0.5) is 0 Å². The molecule has 1 N–H and O–H groups in total. The van der Waals surface area contributed by atoms with Gasteiger partial charge in [0, 0.05) is 46.3 Å². The average Bonchev–Trinajstić information content (AvgIpc) is 2.98. The third-order valence-electron chi connectivity index (χ3n) is 5.75. The molecule has 2 aliphatic heterocycles. The number of guanidine groups is 1. The minimum atomic E-state index is 0. The highest BCUT2D eigenvalue weighted by molar-refractivity contribution is 14.0. The Morgan fingerprint density at radius 3 is 2.61 bits per heavy atom. The summed E-state index contributed by atoms with van der Waals surface area (Å²) in [6.07, 6.45) is 6.65. The third kappa shape index (κ3) is 7.19. The Kier molecular flexibility index (Phi) is 10.6. The molecule has 3 rings (SSSR count). The van der Waals surface area contributed by atoms with Crippen LogP contribution in [0.15, 0.2) is 29.3 Å². The fraction of sp³-hybridized carbons (Fsp3) is 0.682. The predicted octanol–water partition coefficient (Wildman–Crippen LogP) is 3.72. The van der Waals surface area contributed by atoms with Gasteiger partial charge in [0.15, 0.2) is 5.96 Å². The maximum atomic E-state index is 5.31. The highest BCUT2D eigenvalue weighted by atomic mass is 127. The lowest BCUT2D eigenvalue weighted by Crippen LogP contribution is -2.39. The van der Waals surface area contributed by atoms with Gasteiger partial charge in [0.25, 0.3) is 0 Å². The lowest BCUT2D eigenvalue weighted by atomic mass is 10.1. The summed E-state index contributed by atoms with van der Waals surface area (Å²) in [5, 5.41) is 3.55. The Morgan fingerprint density at radius 1 is 1.14 bits per heavy atom. The van der Waals surface area contributed by atoms with Gasteiger partial charge in [0.05, 0.1) is 6.61 Å². The van der Waals surface area contributed by atoms with Crippen LogP contribution >= 0.6 is 24.0 Å². The van der Waals surface area contributed by atoms with Crippen LogP contribution in [0.1, 0.15) is 43.2 Å². The first-order chi connectivity index (χ1) is 13.3. The molecule has 0 amide bonds. The Bertz CT molecular complexity index is 602. The van der Waals surface area contributed by atoms with E-state index in [-0.39, 0.29) is 24.0 Å². The second-order valence-corrected chi connectivity index (χ2v) is 7.97. The van der Waals surface area contributed by atoms with E-state index in [1.807, 2.05) is 7.05 Å². The van der Waals surface area contributed by atoms with Crippen molar-refractivity contribution in [3.63, 3.8) is 0 Å². The van der Waals surface area contributed by atoms with Gasteiger partial charge in [-0.05, 0) is 43.5 Å². The minimum absolute atomic E-state index is 0. The van der Waals surface area contributed by atoms with Gasteiger partial charge in [0.2, 0.25) is 0 Å². The molecule has 0 saturated carbocycles. The van der Waals surface area contributed by atoms with E-state index >= 15 is 0 Å². The van der Waals surface area contributed by atoms with E-state index in [9.17, 15) is 0 Å². The molecule has 2 fully saturated rings. The van der Waals surface area contributed by atoms with Crippen LogP contribution < -0.4 is 5.32 Å². The molecule has 28 heavy (non-hydrogen) atoms. The van der Waals surface area contributed by atoms with E-state index in [4.69, 9.17) is 4.74 Å². The first kappa shape index (κ1) is 23.4. The molecule has 2 aliphatic rings. The number of benzene rings is 1. The van der Waals surface area contributed by atoms with Crippen molar-refractivity contribution in [2.45, 2.75) is 45.2 Å². The molecule has 1 aromatic rings. The van der Waals surface area contributed by atoms with Crippen LogP contribution in [0.5, 0.6) is 0 Å². The Labute approximate surface area is 187 Å². The molecule has 2 heterocycles. The van der Waals surface area contributed by atoms with Gasteiger partial charge in [-0.3, -0.25) is 9.89 Å². The zero-order valence-electron chi connectivity index (χ0n) is 17.5. The number of nitrogens with one attached hydrogen (secondary N) is 1. The molecule has 158 valence electrons. The number of ether oxygens (including phenoxy) is 1. The molecule has 2 saturated heterocycles. The molecule has 0 aliphatic carbocycles. The van der Waals surface area contributed by atoms with Crippen molar-refractivity contribution in [3.05, 3.63) is 35.4 Å². The summed E-state index contributed by atoms with van der Waals surface area (Å²) in [6, 6.07) is 9.02. The number of halogens is 1. The van der Waals surface area contributed by atoms with Crippen molar-refractivity contribution >= 4 is 29.9 Å². The zero-order chi connectivity index (χ0) is 18.9. The van der Waals surface area contributed by atoms with Crippen molar-refractivity contribution in [3.8, 4) is 0 Å². The highest BCUT2D eigenvalue weighted by Gasteiger charge is 2.24. The van der Waals surface area contributed by atoms with Crippen molar-refractivity contribution < 1.29 is 4.74 Å². The van der Waals surface area contributed by atoms with Gasteiger partial charge < -0.3 is 15.0 Å². The Morgan fingerprint density at radius 2 is 1.89 bits per heavy atom. The van der Waals surface area contributed by atoms with E-state index < -0.39 is 0 Å². The zero-order valence-corrected chi connectivity index (χ0v) is 19.9. The third-order valence-corrected chi connectivity index (χ3v) is 5.75. The fourth-order valence-electron chi connectivity index (χ4n) is 4.30. The molecule has 6 heteroatoms. The summed E-state index contributed by atoms with van der Waals surface area (Å²) in [4.78, 5) is 9.45. The molecule has 0 radical (unpaired) electrons. The van der Waals surface area contributed by atoms with E-state index in [1.165, 1.54) is 56.3 Å². The average molecular weight is 500 g/mol. The van der Waals surface area contributed by atoms with Crippen LogP contribution in [0.25, 0.3) is 0 Å². The maximum Gasteiger partial charge on any atom is 0.193 e. The van der Waals surface area contributed by atoms with Crippen LogP contribution in [0, 0.1) is 5.92 Å². The van der Waals surface area contributed by atoms with Crippen molar-refractivity contribution in [1.82, 2.24) is 15.1 Å². The number of hydrogen-bond acceptors (Lipinski definition) is 3. The standard InChI is InChI=1S/C22H36N4O.HI/c1-23-22(26-13-10-21(17-26)18-27-2)24-15-19-8-7-9-20(14-19)16-25-11-5-3-4-6-12-25;/h7-9,14,21H,3-6,10-13,15-18H2,1-2H3,(H,23,24);1H. The quantitative estimate of drug-likeness (QED) is 0.367. The SMILES string of the molecule is CN=C(NCc1cccc(CN2CCCCCC2)c1)N1CCC(COC)C1.I. The summed E-state index contributed by atoms with van der Waals surface area (Å²) in [5.74, 6) is 1.62. The number of hydrogen-bond donors (Lipinski definition) is 1. The smallest absolute Gasteiger partial charge is 0.193 e. The summed E-state index contributed by atoms with van der Waals surface area (Å²) < 4.78 is 5.31. The van der Waals surface area contributed by atoms with E-state index in [2.05, 4.69) is 44.4 Å². The maximum absolute atomic E-state index is 5.31. The van der Waals surface area contributed by atoms with Gasteiger partial charge in [-0.15, -0.1) is 24.0 Å². The molecule has 0 bridgehead atoms. The fourth-order valence-corrected chi connectivity index (χ4v) is 4.30. The predicted molar refractivity (Wildman–Crippen MR) is 127 cm³/mol. The second-order valence-electron chi connectivity index (χ2n) is 7.97. The lowest BCUT2D eigenvalue weighted by Gasteiger charge is -2.22. The summed E-state index contributed by atoms with van der Waals surface area (Å²) in [6.45, 7) is 7.32. The van der Waals surface area contributed by atoms with Gasteiger partial charge in [0.1, 0.15) is 0 Å². The molecule has 1 unspecified atom stereocenters. The van der Waals surface area contributed by atoms with Crippen LogP contribution in [0.2, 0.25) is 0 Å². The molecule has 5 nitrogen and oxygen atoms in total. The molecule has 1 atom stereocenters. The van der Waals surface area contributed by atoms with Gasteiger partial charge in [-0.2, -0.15) is 0 Å². The molecule has 0 spiro atoms. The number of likely N-dealkylation sites (tertiary alicyclic amines) is 2. The first-order valence-corrected chi connectivity index (χ1v) is 10.5. The van der Waals surface area contributed by atoms with Gasteiger partial charge in [-0.1, -0.05) is 37.1 Å². The van der Waals surface area contributed by atoms with Crippen molar-refractivity contribution in [2.24, 2.45) is 10.9 Å². The van der Waals surface area contributed by atoms with Crippen LogP contribution in [-0.4, -0.2) is 62.7 Å². The molecule has 1 aromatic carbocycles. The number of aliphatic imine (C=N–C) groups is 1. The lowest BCUT2D eigenvalue weighted by molar-refractivity contribution is 0.157.